The van der Waals surface area contributed by atoms with Crippen molar-refractivity contribution in [3.63, 3.8) is 0 Å². The fraction of sp³-hybridized carbons (Fsp3) is 0.346. The zero-order valence-corrected chi connectivity index (χ0v) is 17.2. The number of hydrogen-bond donors (Lipinski definition) is 0. The molecule has 1 heterocycles. The molecule has 144 valence electrons. The number of ether oxygens (including phenoxy) is 1. The van der Waals surface area contributed by atoms with E-state index in [9.17, 15) is 0 Å². The number of methoxy groups -OCH3 is 1. The molecule has 0 amide bonds. The summed E-state index contributed by atoms with van der Waals surface area (Å²) in [6, 6.07) is 13.4. The van der Waals surface area contributed by atoms with E-state index < -0.39 is 0 Å². The van der Waals surface area contributed by atoms with E-state index in [0.29, 0.717) is 0 Å². The third-order valence-corrected chi connectivity index (χ3v) is 5.80. The van der Waals surface area contributed by atoms with Crippen molar-refractivity contribution in [3.8, 4) is 0 Å². The van der Waals surface area contributed by atoms with E-state index in [-0.39, 0.29) is 5.41 Å². The molecule has 2 nitrogen and oxygen atoms in total. The second-order valence-electron chi connectivity index (χ2n) is 8.44. The molecule has 0 atom stereocenters. The molecule has 28 heavy (non-hydrogen) atoms. The highest BCUT2D eigenvalue weighted by atomic mass is 16.5. The van der Waals surface area contributed by atoms with E-state index in [4.69, 9.17) is 4.74 Å². The molecule has 2 aromatic carbocycles. The first kappa shape index (κ1) is 18.7. The zero-order chi connectivity index (χ0) is 19.6. The van der Waals surface area contributed by atoms with Gasteiger partial charge in [-0.2, -0.15) is 0 Å². The minimum absolute atomic E-state index is 0.215. The molecular weight excluding hydrogens is 342 g/mol. The molecule has 3 aliphatic rings. The van der Waals surface area contributed by atoms with Crippen LogP contribution in [0.2, 0.25) is 0 Å². The van der Waals surface area contributed by atoms with Gasteiger partial charge in [0.1, 0.15) is 0 Å². The van der Waals surface area contributed by atoms with E-state index in [2.05, 4.69) is 67.4 Å². The molecular formula is C26H29NO. The van der Waals surface area contributed by atoms with Crippen LogP contribution in [0.5, 0.6) is 0 Å². The summed E-state index contributed by atoms with van der Waals surface area (Å²) in [6.45, 7) is 4.33. The fourth-order valence-electron chi connectivity index (χ4n) is 4.26. The van der Waals surface area contributed by atoms with Gasteiger partial charge >= 0.3 is 0 Å². The van der Waals surface area contributed by atoms with Crippen molar-refractivity contribution in [2.45, 2.75) is 46.0 Å². The van der Waals surface area contributed by atoms with Gasteiger partial charge in [-0.3, -0.25) is 0 Å². The van der Waals surface area contributed by atoms with E-state index >= 15 is 0 Å². The van der Waals surface area contributed by atoms with Crippen LogP contribution in [0, 0.1) is 15.9 Å². The second kappa shape index (κ2) is 7.79. The van der Waals surface area contributed by atoms with Crippen LogP contribution >= 0.6 is 0 Å². The number of nitrogens with zero attached hydrogens (tertiary/aromatic N) is 1. The predicted octanol–water partition coefficient (Wildman–Crippen LogP) is 4.40. The molecule has 0 fully saturated rings. The van der Waals surface area contributed by atoms with Gasteiger partial charge < -0.3 is 4.74 Å². The molecule has 0 unspecified atom stereocenters. The number of aliphatic imine (C=N–C) groups is 1. The van der Waals surface area contributed by atoms with Crippen LogP contribution in [-0.2, 0) is 17.6 Å². The number of benzene rings is 2. The molecule has 0 spiro atoms. The van der Waals surface area contributed by atoms with Gasteiger partial charge in [-0.1, -0.05) is 62.4 Å². The van der Waals surface area contributed by atoms with Gasteiger partial charge in [-0.15, -0.1) is 0 Å². The third-order valence-electron chi connectivity index (χ3n) is 5.80. The van der Waals surface area contributed by atoms with Crippen LogP contribution in [0.3, 0.4) is 0 Å². The van der Waals surface area contributed by atoms with Gasteiger partial charge in [0.25, 0.3) is 0 Å². The molecule has 0 N–H and O–H groups in total. The molecule has 2 heteroatoms. The lowest BCUT2D eigenvalue weighted by molar-refractivity contribution is 0.274. The van der Waals surface area contributed by atoms with Crippen molar-refractivity contribution >= 4 is 18.4 Å². The maximum absolute atomic E-state index is 4.99. The van der Waals surface area contributed by atoms with Crippen molar-refractivity contribution in [2.24, 2.45) is 10.4 Å². The molecule has 0 aromatic heterocycles. The minimum Gasteiger partial charge on any atom is -0.481 e. The van der Waals surface area contributed by atoms with Crippen molar-refractivity contribution in [2.75, 3.05) is 7.11 Å². The number of rotatable bonds is 1. The lowest BCUT2D eigenvalue weighted by atomic mass is 9.89. The topological polar surface area (TPSA) is 21.6 Å². The molecule has 2 aliphatic carbocycles. The number of fused-ring (bicyclic) bond motifs is 4. The van der Waals surface area contributed by atoms with Crippen molar-refractivity contribution in [1.29, 1.82) is 0 Å². The molecule has 0 saturated carbocycles. The standard InChI is InChI=1S/C18H16.C8H13NO/c1-3-7-15-13(5-1)9-11-18-16-8-4-2-6-14(16)10-12-17(15)18;1-8(2)4-5-9-7(6-8)10-3/h1,3,5-7,9-10,12H,2,4,8,11H2;5-6H,4H2,1-3H3. The number of allylic oxidation sites excluding steroid dienone is 1. The quantitative estimate of drug-likeness (QED) is 0.728. The summed E-state index contributed by atoms with van der Waals surface area (Å²) < 4.78 is 4.99. The summed E-state index contributed by atoms with van der Waals surface area (Å²) in [5.41, 5.74) is 3.39. The van der Waals surface area contributed by atoms with Crippen molar-refractivity contribution in [1.82, 2.24) is 0 Å². The smallest absolute Gasteiger partial charge is 0.208 e. The Morgan fingerprint density at radius 1 is 0.929 bits per heavy atom. The zero-order valence-electron chi connectivity index (χ0n) is 17.2. The SMILES string of the molecule is C1=c2ccc3c(c2CCC1)CC=c1ccccc1=3.COC1=CC(C)(C)CC=N1. The van der Waals surface area contributed by atoms with E-state index in [1.165, 1.54) is 40.1 Å². The highest BCUT2D eigenvalue weighted by molar-refractivity contribution is 5.61. The molecule has 1 aliphatic heterocycles. The first-order valence-corrected chi connectivity index (χ1v) is 10.3. The van der Waals surface area contributed by atoms with Gasteiger partial charge in [0.05, 0.1) is 7.11 Å². The van der Waals surface area contributed by atoms with E-state index in [0.717, 1.165) is 18.7 Å². The van der Waals surface area contributed by atoms with Gasteiger partial charge in [0.15, 0.2) is 0 Å². The summed E-state index contributed by atoms with van der Waals surface area (Å²) >= 11 is 0. The lowest BCUT2D eigenvalue weighted by Crippen LogP contribution is -2.19. The molecule has 2 aromatic rings. The number of hydrogen-bond acceptors (Lipinski definition) is 2. The monoisotopic (exact) mass is 371 g/mol. The van der Waals surface area contributed by atoms with Gasteiger partial charge in [0, 0.05) is 6.21 Å². The average Bonchev–Trinajstić information content (AvgIpc) is 2.73. The maximum Gasteiger partial charge on any atom is 0.208 e. The highest BCUT2D eigenvalue weighted by Gasteiger charge is 2.17. The van der Waals surface area contributed by atoms with E-state index in [1.54, 1.807) is 18.2 Å². The Morgan fingerprint density at radius 2 is 1.79 bits per heavy atom. The summed E-state index contributed by atoms with van der Waals surface area (Å²) in [4.78, 5) is 4.06. The molecule has 0 bridgehead atoms. The minimum atomic E-state index is 0.215. The molecule has 5 rings (SSSR count). The summed E-state index contributed by atoms with van der Waals surface area (Å²) in [5, 5.41) is 5.74. The Bertz CT molecular complexity index is 1150. The van der Waals surface area contributed by atoms with Crippen LogP contribution in [0.4, 0.5) is 0 Å². The summed E-state index contributed by atoms with van der Waals surface area (Å²) in [5.74, 6) is 0.733. The second-order valence-corrected chi connectivity index (χ2v) is 8.44. The molecule has 0 radical (unpaired) electrons. The summed E-state index contributed by atoms with van der Waals surface area (Å²) in [7, 11) is 1.64. The Hall–Kier alpha value is -2.61. The highest BCUT2D eigenvalue weighted by Crippen LogP contribution is 2.26. The largest absolute Gasteiger partial charge is 0.481 e. The van der Waals surface area contributed by atoms with Crippen LogP contribution in [-0.4, -0.2) is 13.3 Å². The normalized spacial score (nSPS) is 18.0. The Balaban J connectivity index is 0.000000165. The van der Waals surface area contributed by atoms with Gasteiger partial charge in [0.2, 0.25) is 5.88 Å². The fourth-order valence-corrected chi connectivity index (χ4v) is 4.26. The van der Waals surface area contributed by atoms with Gasteiger partial charge in [-0.25, -0.2) is 4.99 Å². The first-order valence-electron chi connectivity index (χ1n) is 10.3. The predicted molar refractivity (Wildman–Crippen MR) is 117 cm³/mol. The average molecular weight is 372 g/mol. The molecule has 0 saturated heterocycles. The maximum atomic E-state index is 4.99. The Labute approximate surface area is 167 Å². The van der Waals surface area contributed by atoms with Crippen molar-refractivity contribution < 1.29 is 4.74 Å². The summed E-state index contributed by atoms with van der Waals surface area (Å²) in [6.07, 6.45) is 14.6. The van der Waals surface area contributed by atoms with Crippen LogP contribution < -0.4 is 10.4 Å². The van der Waals surface area contributed by atoms with Crippen molar-refractivity contribution in [3.05, 3.63) is 80.4 Å². The van der Waals surface area contributed by atoms with Gasteiger partial charge in [-0.05, 0) is 75.6 Å². The van der Waals surface area contributed by atoms with E-state index in [1.807, 2.05) is 12.3 Å². The van der Waals surface area contributed by atoms with Crippen LogP contribution in [0.1, 0.15) is 44.2 Å². The van der Waals surface area contributed by atoms with Crippen LogP contribution in [0.15, 0.2) is 53.3 Å². The lowest BCUT2D eigenvalue weighted by Gasteiger charge is -2.21. The van der Waals surface area contributed by atoms with Crippen LogP contribution in [0.25, 0.3) is 12.2 Å². The Kier molecular flexibility index (Phi) is 5.21. The third kappa shape index (κ3) is 3.82. The first-order chi connectivity index (χ1) is 13.6. The Morgan fingerprint density at radius 3 is 2.57 bits per heavy atom.